The highest BCUT2D eigenvalue weighted by Crippen LogP contribution is 2.23. The van der Waals surface area contributed by atoms with Gasteiger partial charge in [0.05, 0.1) is 10.3 Å². The fourth-order valence-electron chi connectivity index (χ4n) is 3.00. The molecule has 2 aromatic carbocycles. The summed E-state index contributed by atoms with van der Waals surface area (Å²) in [6.45, 7) is 1.84. The summed E-state index contributed by atoms with van der Waals surface area (Å²) < 4.78 is 5.73. The van der Waals surface area contributed by atoms with Crippen molar-refractivity contribution in [3.63, 3.8) is 0 Å². The van der Waals surface area contributed by atoms with Crippen molar-refractivity contribution < 1.29 is 14.1 Å². The molecule has 4 rings (SSSR count). The molecule has 2 heterocycles. The van der Waals surface area contributed by atoms with Crippen LogP contribution in [0.5, 0.6) is 0 Å². The largest absolute Gasteiger partial charge is 0.431 e. The van der Waals surface area contributed by atoms with E-state index in [1.807, 2.05) is 12.3 Å². The van der Waals surface area contributed by atoms with Crippen LogP contribution in [0.4, 0.5) is 5.69 Å². The number of ketones is 1. The molecule has 144 valence electrons. The monoisotopic (exact) mass is 406 g/mol. The zero-order valence-electron chi connectivity index (χ0n) is 15.2. The van der Waals surface area contributed by atoms with Crippen molar-refractivity contribution in [2.45, 2.75) is 13.3 Å². The van der Waals surface area contributed by atoms with E-state index < -0.39 is 4.92 Å². The molecule has 0 atom stereocenters. The number of thiophene rings is 1. The lowest BCUT2D eigenvalue weighted by Crippen LogP contribution is -2.09. The van der Waals surface area contributed by atoms with Gasteiger partial charge in [-0.25, -0.2) is 0 Å². The Morgan fingerprint density at radius 2 is 1.93 bits per heavy atom. The highest BCUT2D eigenvalue weighted by atomic mass is 32.1. The number of fused-ring (bicyclic) bond motifs is 1. The Hall–Kier alpha value is -3.65. The van der Waals surface area contributed by atoms with Gasteiger partial charge in [-0.15, -0.1) is 11.3 Å². The minimum Gasteiger partial charge on any atom is -0.431 e. The van der Waals surface area contributed by atoms with Crippen molar-refractivity contribution in [2.24, 2.45) is 0 Å². The fraction of sp³-hybridized carbons (Fsp3) is 0.0952. The molecule has 29 heavy (non-hydrogen) atoms. The van der Waals surface area contributed by atoms with Gasteiger partial charge < -0.3 is 4.42 Å². The highest BCUT2D eigenvalue weighted by molar-refractivity contribution is 7.16. The molecule has 0 spiro atoms. The smallest absolute Gasteiger partial charge is 0.284 e. The minimum atomic E-state index is -0.535. The Bertz CT molecular complexity index is 1300. The number of carbonyl (C=O) groups excluding carboxylic acids is 1. The second-order valence-electron chi connectivity index (χ2n) is 6.50. The van der Waals surface area contributed by atoms with Crippen molar-refractivity contribution in [1.82, 2.24) is 4.98 Å². The first-order valence-electron chi connectivity index (χ1n) is 8.68. The summed E-state index contributed by atoms with van der Waals surface area (Å²) in [7, 11) is 0. The first kappa shape index (κ1) is 18.7. The molecule has 8 heteroatoms. The van der Waals surface area contributed by atoms with Crippen LogP contribution in [0, 0.1) is 17.0 Å². The van der Waals surface area contributed by atoms with Gasteiger partial charge in [-0.1, -0.05) is 36.4 Å². The summed E-state index contributed by atoms with van der Waals surface area (Å²) in [5.41, 5.74) is 1.89. The molecule has 0 bridgehead atoms. The average Bonchev–Trinajstić information content (AvgIpc) is 3.09. The van der Waals surface area contributed by atoms with E-state index in [-0.39, 0.29) is 22.6 Å². The molecule has 0 aliphatic rings. The van der Waals surface area contributed by atoms with Crippen LogP contribution in [0.2, 0.25) is 0 Å². The number of benzene rings is 2. The summed E-state index contributed by atoms with van der Waals surface area (Å²) >= 11 is 1.36. The normalized spacial score (nSPS) is 10.9. The number of carbonyl (C=O) groups is 1. The van der Waals surface area contributed by atoms with Gasteiger partial charge in [0.2, 0.25) is 5.89 Å². The number of aromatic nitrogens is 1. The quantitative estimate of drug-likeness (QED) is 0.278. The Morgan fingerprint density at radius 1 is 1.17 bits per heavy atom. The predicted molar refractivity (Wildman–Crippen MR) is 109 cm³/mol. The predicted octanol–water partition coefficient (Wildman–Crippen LogP) is 4.29. The van der Waals surface area contributed by atoms with Crippen molar-refractivity contribution in [3.05, 3.63) is 103 Å². The van der Waals surface area contributed by atoms with Crippen LogP contribution in [-0.2, 0) is 6.42 Å². The summed E-state index contributed by atoms with van der Waals surface area (Å²) in [4.78, 5) is 39.7. The number of hydrogen-bond acceptors (Lipinski definition) is 7. The number of nitro benzene ring substituents is 1. The van der Waals surface area contributed by atoms with Crippen LogP contribution in [-0.4, -0.2) is 15.7 Å². The maximum absolute atomic E-state index is 12.6. The highest BCUT2D eigenvalue weighted by Gasteiger charge is 2.14. The topological polar surface area (TPSA) is 103 Å². The van der Waals surface area contributed by atoms with E-state index in [9.17, 15) is 19.7 Å². The molecule has 0 fully saturated rings. The molecule has 0 unspecified atom stereocenters. The van der Waals surface area contributed by atoms with Crippen LogP contribution in [0.1, 0.15) is 32.9 Å². The molecule has 0 aliphatic heterocycles. The van der Waals surface area contributed by atoms with Crippen LogP contribution in [0.15, 0.2) is 63.1 Å². The van der Waals surface area contributed by atoms with Crippen LogP contribution >= 0.6 is 11.3 Å². The summed E-state index contributed by atoms with van der Waals surface area (Å²) in [6.07, 6.45) is 0.313. The third-order valence-electron chi connectivity index (χ3n) is 4.48. The van der Waals surface area contributed by atoms with Gasteiger partial charge in [-0.2, -0.15) is 4.98 Å². The van der Waals surface area contributed by atoms with Crippen molar-refractivity contribution in [3.8, 4) is 0 Å². The fourth-order valence-corrected chi connectivity index (χ4v) is 3.91. The Balaban J connectivity index is 1.57. The molecule has 7 nitrogen and oxygen atoms in total. The van der Waals surface area contributed by atoms with E-state index in [1.165, 1.54) is 29.5 Å². The molecule has 0 saturated carbocycles. The van der Waals surface area contributed by atoms with E-state index in [4.69, 9.17) is 4.42 Å². The first-order chi connectivity index (χ1) is 13.9. The third kappa shape index (κ3) is 3.70. The van der Waals surface area contributed by atoms with Gasteiger partial charge in [0.25, 0.3) is 11.2 Å². The van der Waals surface area contributed by atoms with Gasteiger partial charge in [0.15, 0.2) is 10.7 Å². The molecule has 0 N–H and O–H groups in total. The molecule has 0 radical (unpaired) electrons. The summed E-state index contributed by atoms with van der Waals surface area (Å²) in [5.74, 6) is 0.00231. The zero-order valence-corrected chi connectivity index (χ0v) is 16.1. The van der Waals surface area contributed by atoms with Crippen LogP contribution < -0.4 is 5.56 Å². The second-order valence-corrected chi connectivity index (χ2v) is 7.35. The maximum Gasteiger partial charge on any atom is 0.284 e. The number of rotatable bonds is 5. The van der Waals surface area contributed by atoms with Crippen molar-refractivity contribution in [1.29, 1.82) is 0 Å². The standard InChI is InChI=1S/C21H14N2O5S/c1-12-11-29-21-18(12)20(25)22-17(28-21)9-13-5-7-14(8-6-13)19(24)15-3-2-4-16(10-15)23(26)27/h2-8,10-11H,9H2,1H3. The SMILES string of the molecule is Cc1csc2oc(Cc3ccc(C(=O)c4cccc([N+](=O)[O-])c4)cc3)nc(=O)c12. The number of nitrogens with zero attached hydrogens (tertiary/aromatic N) is 2. The van der Waals surface area contributed by atoms with Crippen LogP contribution in [0.3, 0.4) is 0 Å². The summed E-state index contributed by atoms with van der Waals surface area (Å²) in [6, 6.07) is 12.4. The first-order valence-corrected chi connectivity index (χ1v) is 9.56. The van der Waals surface area contributed by atoms with Gasteiger partial charge in [-0.05, 0) is 23.4 Å². The lowest BCUT2D eigenvalue weighted by Gasteiger charge is -2.04. The zero-order chi connectivity index (χ0) is 20.5. The molecule has 0 amide bonds. The molecule has 0 saturated heterocycles. The van der Waals surface area contributed by atoms with E-state index in [1.54, 1.807) is 30.3 Å². The minimum absolute atomic E-state index is 0.132. The van der Waals surface area contributed by atoms with Gasteiger partial charge in [-0.3, -0.25) is 19.7 Å². The van der Waals surface area contributed by atoms with E-state index in [0.717, 1.165) is 11.1 Å². The number of non-ortho nitro benzene ring substituents is 1. The molecule has 2 aromatic heterocycles. The molecular weight excluding hydrogens is 392 g/mol. The summed E-state index contributed by atoms with van der Waals surface area (Å²) in [5, 5.41) is 13.3. The van der Waals surface area contributed by atoms with E-state index in [0.29, 0.717) is 28.2 Å². The van der Waals surface area contributed by atoms with Gasteiger partial charge >= 0.3 is 0 Å². The maximum atomic E-state index is 12.6. The van der Waals surface area contributed by atoms with Gasteiger partial charge in [0.1, 0.15) is 0 Å². The lowest BCUT2D eigenvalue weighted by atomic mass is 10.0. The Morgan fingerprint density at radius 3 is 2.66 bits per heavy atom. The lowest BCUT2D eigenvalue weighted by molar-refractivity contribution is -0.384. The van der Waals surface area contributed by atoms with Crippen LogP contribution in [0.25, 0.3) is 10.3 Å². The van der Waals surface area contributed by atoms with E-state index >= 15 is 0 Å². The molecule has 0 aliphatic carbocycles. The Labute approximate surface area is 168 Å². The third-order valence-corrected chi connectivity index (χ3v) is 5.46. The van der Waals surface area contributed by atoms with Gasteiger partial charge in [0, 0.05) is 29.7 Å². The van der Waals surface area contributed by atoms with E-state index in [2.05, 4.69) is 4.98 Å². The van der Waals surface area contributed by atoms with Crippen molar-refractivity contribution >= 4 is 33.1 Å². The number of nitro groups is 1. The van der Waals surface area contributed by atoms with Crippen molar-refractivity contribution in [2.75, 3.05) is 0 Å². The Kier molecular flexibility index (Phi) is 4.77. The second kappa shape index (κ2) is 7.40. The molecule has 4 aromatic rings. The number of aryl methyl sites for hydroxylation is 1. The average molecular weight is 406 g/mol. The number of hydrogen-bond donors (Lipinski definition) is 0. The molecular formula is C21H14N2O5S.